The van der Waals surface area contributed by atoms with E-state index in [9.17, 15) is 14.0 Å². The summed E-state index contributed by atoms with van der Waals surface area (Å²) in [5.41, 5.74) is 3.55. The molecule has 26 heavy (non-hydrogen) atoms. The predicted octanol–water partition coefficient (Wildman–Crippen LogP) is 2.69. The van der Waals surface area contributed by atoms with E-state index in [4.69, 9.17) is 0 Å². The van der Waals surface area contributed by atoms with Crippen LogP contribution in [0.2, 0.25) is 0 Å². The molecule has 1 N–H and O–H groups in total. The number of hydrogen-bond donors (Lipinski definition) is 1. The summed E-state index contributed by atoms with van der Waals surface area (Å²) in [6, 6.07) is 6.22. The van der Waals surface area contributed by atoms with E-state index in [2.05, 4.69) is 10.3 Å². The topological polar surface area (TPSA) is 62.3 Å². The number of halogens is 1. The van der Waals surface area contributed by atoms with Gasteiger partial charge in [0.2, 0.25) is 11.8 Å². The number of carbonyl (C=O) groups is 2. The van der Waals surface area contributed by atoms with Crippen LogP contribution in [-0.2, 0) is 22.6 Å². The number of amides is 2. The first-order chi connectivity index (χ1) is 12.5. The number of thiazole rings is 1. The summed E-state index contributed by atoms with van der Waals surface area (Å²) in [4.78, 5) is 31.6. The Hall–Kier alpha value is -2.28. The molecule has 3 rings (SSSR count). The van der Waals surface area contributed by atoms with Crippen molar-refractivity contribution in [3.05, 3.63) is 51.7 Å². The number of carbonyl (C=O) groups excluding carboxylic acids is 2. The number of nitrogens with zero attached hydrogens (tertiary/aromatic N) is 2. The zero-order valence-electron chi connectivity index (χ0n) is 14.7. The smallest absolute Gasteiger partial charge is 0.224 e. The van der Waals surface area contributed by atoms with Gasteiger partial charge in [-0.15, -0.1) is 11.3 Å². The minimum atomic E-state index is -0.320. The molecule has 2 heterocycles. The summed E-state index contributed by atoms with van der Waals surface area (Å²) in [5.74, 6) is -0.550. The van der Waals surface area contributed by atoms with Crippen molar-refractivity contribution in [2.24, 2.45) is 5.92 Å². The van der Waals surface area contributed by atoms with Crippen molar-refractivity contribution in [3.63, 3.8) is 0 Å². The van der Waals surface area contributed by atoms with Gasteiger partial charge in [-0.05, 0) is 31.0 Å². The highest BCUT2D eigenvalue weighted by Gasteiger charge is 2.30. The largest absolute Gasteiger partial charge is 0.355 e. The van der Waals surface area contributed by atoms with Gasteiger partial charge in [0.1, 0.15) is 5.82 Å². The fourth-order valence-corrected chi connectivity index (χ4v) is 3.93. The first-order valence-electron chi connectivity index (χ1n) is 8.72. The molecular formula is C19H22FN3O2S. The molecule has 7 heteroatoms. The minimum absolute atomic E-state index is 0.0126. The van der Waals surface area contributed by atoms with E-state index in [-0.39, 0.29) is 23.5 Å². The summed E-state index contributed by atoms with van der Waals surface area (Å²) >= 11 is 1.59. The number of benzene rings is 1. The molecule has 1 aromatic carbocycles. The van der Waals surface area contributed by atoms with Crippen molar-refractivity contribution in [1.29, 1.82) is 0 Å². The number of hydrogen-bond acceptors (Lipinski definition) is 4. The molecule has 138 valence electrons. The molecule has 0 aliphatic carbocycles. The number of aryl methyl sites for hydroxylation is 1. The van der Waals surface area contributed by atoms with Gasteiger partial charge in [0.05, 0.1) is 17.1 Å². The Bertz CT molecular complexity index is 793. The second-order valence-corrected chi connectivity index (χ2v) is 7.48. The standard InChI is InChI=1S/C19H22FN3O2S/c1-13-17(26-12-22-13)7-8-21-19(25)15-5-6-18(24)23(11-15)10-14-3-2-4-16(20)9-14/h2-4,9,12,15H,5-8,10-11H2,1H3,(H,21,25)/t15-/m1/s1. The van der Waals surface area contributed by atoms with Crippen LogP contribution < -0.4 is 5.32 Å². The summed E-state index contributed by atoms with van der Waals surface area (Å²) in [6.45, 7) is 3.24. The molecule has 5 nitrogen and oxygen atoms in total. The van der Waals surface area contributed by atoms with Gasteiger partial charge >= 0.3 is 0 Å². The molecule has 1 fully saturated rings. The fourth-order valence-electron chi connectivity index (χ4n) is 3.15. The highest BCUT2D eigenvalue weighted by atomic mass is 32.1. The van der Waals surface area contributed by atoms with Gasteiger partial charge in [-0.2, -0.15) is 0 Å². The second-order valence-electron chi connectivity index (χ2n) is 6.54. The number of nitrogens with one attached hydrogen (secondary N) is 1. The Labute approximate surface area is 156 Å². The van der Waals surface area contributed by atoms with Crippen LogP contribution in [0, 0.1) is 18.7 Å². The van der Waals surface area contributed by atoms with E-state index in [0.717, 1.165) is 17.7 Å². The Kier molecular flexibility index (Phi) is 5.98. The molecule has 2 amide bonds. The second kappa shape index (κ2) is 8.40. The Morgan fingerprint density at radius 2 is 2.31 bits per heavy atom. The highest BCUT2D eigenvalue weighted by molar-refractivity contribution is 7.09. The first kappa shape index (κ1) is 18.5. The maximum Gasteiger partial charge on any atom is 0.224 e. The quantitative estimate of drug-likeness (QED) is 0.844. The molecule has 2 aromatic rings. The number of likely N-dealkylation sites (tertiary alicyclic amines) is 1. The predicted molar refractivity (Wildman–Crippen MR) is 98.1 cm³/mol. The minimum Gasteiger partial charge on any atom is -0.355 e. The molecule has 0 unspecified atom stereocenters. The third-order valence-electron chi connectivity index (χ3n) is 4.63. The van der Waals surface area contributed by atoms with E-state index in [0.29, 0.717) is 32.5 Å². The lowest BCUT2D eigenvalue weighted by molar-refractivity contribution is -0.138. The number of rotatable bonds is 6. The Morgan fingerprint density at radius 1 is 1.46 bits per heavy atom. The molecule has 0 saturated carbocycles. The summed E-state index contributed by atoms with van der Waals surface area (Å²) < 4.78 is 13.3. The molecule has 1 atom stereocenters. The molecule has 1 aliphatic heterocycles. The van der Waals surface area contributed by atoms with Crippen molar-refractivity contribution in [3.8, 4) is 0 Å². The normalized spacial score (nSPS) is 17.4. The Balaban J connectivity index is 1.52. The molecule has 1 aromatic heterocycles. The van der Waals surface area contributed by atoms with Gasteiger partial charge in [-0.3, -0.25) is 9.59 Å². The summed E-state index contributed by atoms with van der Waals surface area (Å²) in [7, 11) is 0. The number of piperidine rings is 1. The van der Waals surface area contributed by atoms with Crippen LogP contribution in [0.25, 0.3) is 0 Å². The summed E-state index contributed by atoms with van der Waals surface area (Å²) in [6.07, 6.45) is 1.67. The average molecular weight is 375 g/mol. The van der Waals surface area contributed by atoms with Crippen LogP contribution in [0.15, 0.2) is 29.8 Å². The van der Waals surface area contributed by atoms with Crippen LogP contribution >= 0.6 is 11.3 Å². The van der Waals surface area contributed by atoms with Crippen molar-refractivity contribution >= 4 is 23.2 Å². The SMILES string of the molecule is Cc1ncsc1CCNC(=O)[C@@H]1CCC(=O)N(Cc2cccc(F)c2)C1. The third kappa shape index (κ3) is 4.66. The van der Waals surface area contributed by atoms with Crippen LogP contribution in [0.3, 0.4) is 0 Å². The van der Waals surface area contributed by atoms with Gasteiger partial charge in [-0.1, -0.05) is 12.1 Å². The maximum atomic E-state index is 13.3. The van der Waals surface area contributed by atoms with Crippen molar-refractivity contribution in [2.45, 2.75) is 32.7 Å². The van der Waals surface area contributed by atoms with Crippen molar-refractivity contribution in [2.75, 3.05) is 13.1 Å². The lowest BCUT2D eigenvalue weighted by Gasteiger charge is -2.32. The van der Waals surface area contributed by atoms with Crippen molar-refractivity contribution in [1.82, 2.24) is 15.2 Å². The van der Waals surface area contributed by atoms with Gasteiger partial charge in [0.25, 0.3) is 0 Å². The molecule has 0 bridgehead atoms. The molecule has 1 saturated heterocycles. The van der Waals surface area contributed by atoms with Gasteiger partial charge in [0, 0.05) is 37.4 Å². The summed E-state index contributed by atoms with van der Waals surface area (Å²) in [5, 5.41) is 2.97. The van der Waals surface area contributed by atoms with Crippen LogP contribution in [0.1, 0.15) is 29.0 Å². The first-order valence-corrected chi connectivity index (χ1v) is 9.60. The van der Waals surface area contributed by atoms with E-state index in [1.165, 1.54) is 17.0 Å². The average Bonchev–Trinajstić information content (AvgIpc) is 3.02. The van der Waals surface area contributed by atoms with Gasteiger partial charge in [-0.25, -0.2) is 9.37 Å². The van der Waals surface area contributed by atoms with E-state index in [1.54, 1.807) is 28.4 Å². The van der Waals surface area contributed by atoms with Crippen LogP contribution in [-0.4, -0.2) is 34.8 Å². The van der Waals surface area contributed by atoms with Gasteiger partial charge in [0.15, 0.2) is 0 Å². The van der Waals surface area contributed by atoms with E-state index in [1.807, 2.05) is 12.4 Å². The zero-order chi connectivity index (χ0) is 18.5. The third-order valence-corrected chi connectivity index (χ3v) is 5.62. The fraction of sp³-hybridized carbons (Fsp3) is 0.421. The lowest BCUT2D eigenvalue weighted by atomic mass is 9.96. The highest BCUT2D eigenvalue weighted by Crippen LogP contribution is 2.20. The van der Waals surface area contributed by atoms with Crippen LogP contribution in [0.4, 0.5) is 4.39 Å². The molecular weight excluding hydrogens is 353 g/mol. The van der Waals surface area contributed by atoms with Gasteiger partial charge < -0.3 is 10.2 Å². The van der Waals surface area contributed by atoms with E-state index >= 15 is 0 Å². The Morgan fingerprint density at radius 3 is 3.04 bits per heavy atom. The van der Waals surface area contributed by atoms with Crippen LogP contribution in [0.5, 0.6) is 0 Å². The monoisotopic (exact) mass is 375 g/mol. The number of aromatic nitrogens is 1. The maximum absolute atomic E-state index is 13.3. The zero-order valence-corrected chi connectivity index (χ0v) is 15.5. The lowest BCUT2D eigenvalue weighted by Crippen LogP contribution is -2.45. The molecule has 1 aliphatic rings. The van der Waals surface area contributed by atoms with E-state index < -0.39 is 0 Å². The molecule has 0 radical (unpaired) electrons. The molecule has 0 spiro atoms. The van der Waals surface area contributed by atoms with Crippen molar-refractivity contribution < 1.29 is 14.0 Å².